The van der Waals surface area contributed by atoms with Gasteiger partial charge < -0.3 is 15.0 Å². The maximum atomic E-state index is 12.2. The maximum absolute atomic E-state index is 12.2. The van der Waals surface area contributed by atoms with Crippen LogP contribution >= 0.6 is 0 Å². The van der Waals surface area contributed by atoms with E-state index < -0.39 is 0 Å². The fourth-order valence-electron chi connectivity index (χ4n) is 3.12. The van der Waals surface area contributed by atoms with Gasteiger partial charge in [-0.2, -0.15) is 0 Å². The Morgan fingerprint density at radius 2 is 2.20 bits per heavy atom. The summed E-state index contributed by atoms with van der Waals surface area (Å²) in [6.45, 7) is 11.6. The minimum absolute atomic E-state index is 0.0534. The number of ether oxygens (including phenoxy) is 1. The smallest absolute Gasteiger partial charge is 0.317 e. The van der Waals surface area contributed by atoms with E-state index in [-0.39, 0.29) is 12.1 Å². The molecular weight excluding hydrogens is 254 g/mol. The van der Waals surface area contributed by atoms with Crippen LogP contribution in [0.4, 0.5) is 4.79 Å². The first-order valence-electron chi connectivity index (χ1n) is 7.94. The highest BCUT2D eigenvalue weighted by Gasteiger charge is 2.25. The fourth-order valence-corrected chi connectivity index (χ4v) is 3.12. The molecule has 5 heteroatoms. The summed E-state index contributed by atoms with van der Waals surface area (Å²) in [6.07, 6.45) is 2.61. The quantitative estimate of drug-likeness (QED) is 0.854. The van der Waals surface area contributed by atoms with Gasteiger partial charge >= 0.3 is 6.03 Å². The number of piperidine rings is 1. The van der Waals surface area contributed by atoms with Crippen LogP contribution < -0.4 is 5.32 Å². The Kier molecular flexibility index (Phi) is 5.66. The van der Waals surface area contributed by atoms with Crippen LogP contribution in [0.25, 0.3) is 0 Å². The van der Waals surface area contributed by atoms with Crippen molar-refractivity contribution in [3.05, 3.63) is 0 Å². The number of amides is 2. The lowest BCUT2D eigenvalue weighted by molar-refractivity contribution is 0.0185. The molecule has 0 spiro atoms. The van der Waals surface area contributed by atoms with Crippen LogP contribution in [0.5, 0.6) is 0 Å². The number of morpholine rings is 1. The van der Waals surface area contributed by atoms with Gasteiger partial charge in [0.05, 0.1) is 19.3 Å². The van der Waals surface area contributed by atoms with Crippen LogP contribution in [0, 0.1) is 5.92 Å². The number of carbonyl (C=O) groups excluding carboxylic acids is 1. The van der Waals surface area contributed by atoms with E-state index >= 15 is 0 Å². The molecule has 2 rings (SSSR count). The van der Waals surface area contributed by atoms with Crippen molar-refractivity contribution >= 4 is 6.03 Å². The molecule has 0 radical (unpaired) electrons. The van der Waals surface area contributed by atoms with E-state index in [4.69, 9.17) is 4.74 Å². The molecule has 5 nitrogen and oxygen atoms in total. The van der Waals surface area contributed by atoms with Crippen LogP contribution in [-0.4, -0.2) is 67.3 Å². The summed E-state index contributed by atoms with van der Waals surface area (Å²) in [5.41, 5.74) is 0. The molecular formula is C15H29N3O2. The van der Waals surface area contributed by atoms with Crippen LogP contribution in [0.3, 0.4) is 0 Å². The van der Waals surface area contributed by atoms with Crippen LogP contribution in [0.15, 0.2) is 0 Å². The van der Waals surface area contributed by atoms with Gasteiger partial charge in [0.15, 0.2) is 0 Å². The molecule has 2 fully saturated rings. The van der Waals surface area contributed by atoms with E-state index in [9.17, 15) is 4.79 Å². The number of nitrogens with zero attached hydrogens (tertiary/aromatic N) is 2. The highest BCUT2D eigenvalue weighted by Crippen LogP contribution is 2.17. The highest BCUT2D eigenvalue weighted by atomic mass is 16.5. The van der Waals surface area contributed by atoms with E-state index in [1.165, 1.54) is 12.8 Å². The Hall–Kier alpha value is -0.810. The van der Waals surface area contributed by atoms with Gasteiger partial charge in [-0.05, 0) is 39.2 Å². The SMILES string of the molecule is CC1CCCN(C(C)CNC(=O)N2CCOCC2C)C1. The zero-order valence-electron chi connectivity index (χ0n) is 13.1. The minimum Gasteiger partial charge on any atom is -0.377 e. The number of carbonyl (C=O) groups is 1. The molecule has 3 unspecified atom stereocenters. The van der Waals surface area contributed by atoms with Gasteiger partial charge in [-0.1, -0.05) is 6.92 Å². The molecule has 116 valence electrons. The largest absolute Gasteiger partial charge is 0.377 e. The lowest BCUT2D eigenvalue weighted by atomic mass is 9.99. The van der Waals surface area contributed by atoms with Crippen LogP contribution in [0.2, 0.25) is 0 Å². The molecule has 0 aromatic rings. The van der Waals surface area contributed by atoms with Crippen molar-refractivity contribution in [2.45, 2.75) is 45.7 Å². The molecule has 0 bridgehead atoms. The molecule has 20 heavy (non-hydrogen) atoms. The first-order chi connectivity index (χ1) is 9.58. The maximum Gasteiger partial charge on any atom is 0.317 e. The molecule has 2 heterocycles. The summed E-state index contributed by atoms with van der Waals surface area (Å²) in [6, 6.07) is 0.643. The van der Waals surface area contributed by atoms with Crippen molar-refractivity contribution in [2.24, 2.45) is 5.92 Å². The first-order valence-corrected chi connectivity index (χ1v) is 7.94. The molecule has 2 aliphatic rings. The van der Waals surface area contributed by atoms with Crippen molar-refractivity contribution in [1.29, 1.82) is 0 Å². The molecule has 1 N–H and O–H groups in total. The van der Waals surface area contributed by atoms with Gasteiger partial charge in [0.2, 0.25) is 0 Å². The monoisotopic (exact) mass is 283 g/mol. The fraction of sp³-hybridized carbons (Fsp3) is 0.933. The summed E-state index contributed by atoms with van der Waals surface area (Å²) >= 11 is 0. The molecule has 2 amide bonds. The Balaban J connectivity index is 1.74. The van der Waals surface area contributed by atoms with Crippen molar-refractivity contribution in [3.8, 4) is 0 Å². The van der Waals surface area contributed by atoms with Gasteiger partial charge in [-0.15, -0.1) is 0 Å². The molecule has 2 saturated heterocycles. The second kappa shape index (κ2) is 7.27. The van der Waals surface area contributed by atoms with Gasteiger partial charge in [-0.3, -0.25) is 4.90 Å². The summed E-state index contributed by atoms with van der Waals surface area (Å²) < 4.78 is 5.36. The lowest BCUT2D eigenvalue weighted by Gasteiger charge is -2.37. The molecule has 0 aliphatic carbocycles. The molecule has 3 atom stereocenters. The predicted octanol–water partition coefficient (Wildman–Crippen LogP) is 1.54. The Labute approximate surface area is 122 Å². The third-order valence-electron chi connectivity index (χ3n) is 4.49. The van der Waals surface area contributed by atoms with Crippen LogP contribution in [-0.2, 0) is 4.74 Å². The average Bonchev–Trinajstić information content (AvgIpc) is 2.45. The summed E-state index contributed by atoms with van der Waals surface area (Å²) in [5, 5.41) is 3.08. The number of rotatable bonds is 3. The number of hydrogen-bond acceptors (Lipinski definition) is 3. The third kappa shape index (κ3) is 4.09. The zero-order valence-corrected chi connectivity index (χ0v) is 13.1. The lowest BCUT2D eigenvalue weighted by Crippen LogP contribution is -2.53. The van der Waals surface area contributed by atoms with E-state index in [0.29, 0.717) is 25.8 Å². The van der Waals surface area contributed by atoms with Gasteiger partial charge in [0.1, 0.15) is 0 Å². The zero-order chi connectivity index (χ0) is 14.5. The first kappa shape index (κ1) is 15.6. The average molecular weight is 283 g/mol. The molecule has 2 aliphatic heterocycles. The number of urea groups is 1. The predicted molar refractivity (Wildman–Crippen MR) is 79.8 cm³/mol. The Morgan fingerprint density at radius 1 is 1.40 bits per heavy atom. The Bertz CT molecular complexity index is 324. The van der Waals surface area contributed by atoms with E-state index in [1.54, 1.807) is 0 Å². The number of likely N-dealkylation sites (tertiary alicyclic amines) is 1. The van der Waals surface area contributed by atoms with Gasteiger partial charge in [0.25, 0.3) is 0 Å². The highest BCUT2D eigenvalue weighted by molar-refractivity contribution is 5.74. The number of nitrogens with one attached hydrogen (secondary N) is 1. The van der Waals surface area contributed by atoms with Crippen molar-refractivity contribution in [1.82, 2.24) is 15.1 Å². The van der Waals surface area contributed by atoms with Crippen LogP contribution in [0.1, 0.15) is 33.6 Å². The van der Waals surface area contributed by atoms with Crippen molar-refractivity contribution in [3.63, 3.8) is 0 Å². The van der Waals surface area contributed by atoms with Crippen molar-refractivity contribution < 1.29 is 9.53 Å². The summed E-state index contributed by atoms with van der Waals surface area (Å²) in [4.78, 5) is 16.6. The molecule has 0 aromatic heterocycles. The Morgan fingerprint density at radius 3 is 2.90 bits per heavy atom. The van der Waals surface area contributed by atoms with Crippen molar-refractivity contribution in [2.75, 3.05) is 39.4 Å². The summed E-state index contributed by atoms with van der Waals surface area (Å²) in [7, 11) is 0. The van der Waals surface area contributed by atoms with E-state index in [1.807, 2.05) is 11.8 Å². The molecule has 0 saturated carbocycles. The second-order valence-electron chi connectivity index (χ2n) is 6.39. The molecule has 0 aromatic carbocycles. The second-order valence-corrected chi connectivity index (χ2v) is 6.39. The van der Waals surface area contributed by atoms with E-state index in [0.717, 1.165) is 25.6 Å². The van der Waals surface area contributed by atoms with E-state index in [2.05, 4.69) is 24.1 Å². The minimum atomic E-state index is 0.0534. The standard InChI is InChI=1S/C15H29N3O2/c1-12-5-4-6-17(10-12)13(2)9-16-15(19)18-7-8-20-11-14(18)3/h12-14H,4-11H2,1-3H3,(H,16,19). The summed E-state index contributed by atoms with van der Waals surface area (Å²) in [5.74, 6) is 0.779. The third-order valence-corrected chi connectivity index (χ3v) is 4.49. The van der Waals surface area contributed by atoms with Gasteiger partial charge in [-0.25, -0.2) is 4.79 Å². The normalized spacial score (nSPS) is 30.1. The number of hydrogen-bond donors (Lipinski definition) is 1. The topological polar surface area (TPSA) is 44.8 Å². The van der Waals surface area contributed by atoms with Gasteiger partial charge in [0, 0.05) is 25.7 Å².